The monoisotopic (exact) mass is 301 g/mol. The van der Waals surface area contributed by atoms with Gasteiger partial charge in [-0.3, -0.25) is 9.59 Å². The smallest absolute Gasteiger partial charge is 0.271 e. The van der Waals surface area contributed by atoms with Crippen molar-refractivity contribution >= 4 is 27.5 Å². The summed E-state index contributed by atoms with van der Waals surface area (Å²) in [6.07, 6.45) is 1.35. The summed E-state index contributed by atoms with van der Waals surface area (Å²) in [6.45, 7) is 0.396. The molecule has 1 aromatic heterocycles. The van der Waals surface area contributed by atoms with Gasteiger partial charge in [-0.15, -0.1) is 0 Å². The van der Waals surface area contributed by atoms with Crippen LogP contribution in [0.2, 0.25) is 0 Å². The Morgan fingerprint density at radius 3 is 3.00 bits per heavy atom. The average molecular weight is 302 g/mol. The van der Waals surface area contributed by atoms with Crippen LogP contribution in [0.25, 0.3) is 0 Å². The largest absolute Gasteiger partial charge is 0.392 e. The first kappa shape index (κ1) is 12.3. The van der Waals surface area contributed by atoms with E-state index in [9.17, 15) is 14.7 Å². The Morgan fingerprint density at radius 1 is 1.59 bits per heavy atom. The number of aliphatic hydroxyl groups excluding tert-OH is 1. The number of rotatable bonds is 2. The molecule has 6 nitrogen and oxygen atoms in total. The molecule has 0 aliphatic carbocycles. The number of β-amino-alcohol motifs (C(OH)–C–C–N with tert-alkyl or cyclic N) is 1. The first-order valence-corrected chi connectivity index (χ1v) is 5.96. The SMILES string of the molecule is O=C(Nc1cc(Br)c[nH]c1=O)C1CC(O)CN1. The maximum atomic E-state index is 11.8. The van der Waals surface area contributed by atoms with Gasteiger partial charge in [-0.05, 0) is 28.4 Å². The van der Waals surface area contributed by atoms with E-state index >= 15 is 0 Å². The molecule has 1 aromatic rings. The van der Waals surface area contributed by atoms with E-state index in [0.717, 1.165) is 0 Å². The first-order valence-electron chi connectivity index (χ1n) is 5.17. The Labute approximate surface area is 106 Å². The van der Waals surface area contributed by atoms with Gasteiger partial charge in [0.15, 0.2) is 0 Å². The van der Waals surface area contributed by atoms with Gasteiger partial charge in [0.05, 0.1) is 12.1 Å². The number of anilines is 1. The Bertz CT molecular complexity index is 488. The van der Waals surface area contributed by atoms with Crippen LogP contribution in [0.3, 0.4) is 0 Å². The molecule has 0 bridgehead atoms. The molecule has 1 fully saturated rings. The fraction of sp³-hybridized carbons (Fsp3) is 0.400. The van der Waals surface area contributed by atoms with Crippen LogP contribution in [0, 0.1) is 0 Å². The number of carbonyl (C=O) groups is 1. The number of nitrogens with one attached hydrogen (secondary N) is 3. The number of H-pyrrole nitrogens is 1. The molecule has 1 aliphatic heterocycles. The van der Waals surface area contributed by atoms with E-state index in [-0.39, 0.29) is 17.2 Å². The molecule has 0 spiro atoms. The summed E-state index contributed by atoms with van der Waals surface area (Å²) in [7, 11) is 0. The van der Waals surface area contributed by atoms with Crippen molar-refractivity contribution < 1.29 is 9.90 Å². The van der Waals surface area contributed by atoms with Gasteiger partial charge in [0.25, 0.3) is 5.56 Å². The summed E-state index contributed by atoms with van der Waals surface area (Å²) in [5, 5.41) is 14.7. The van der Waals surface area contributed by atoms with Crippen molar-refractivity contribution in [3.05, 3.63) is 27.1 Å². The van der Waals surface area contributed by atoms with E-state index in [0.29, 0.717) is 17.4 Å². The number of aromatic amines is 1. The molecule has 4 N–H and O–H groups in total. The third-order valence-corrected chi connectivity index (χ3v) is 3.01. The second kappa shape index (κ2) is 4.99. The van der Waals surface area contributed by atoms with Crippen molar-refractivity contribution in [1.29, 1.82) is 0 Å². The van der Waals surface area contributed by atoms with Gasteiger partial charge in [0.1, 0.15) is 5.69 Å². The predicted molar refractivity (Wildman–Crippen MR) is 65.8 cm³/mol. The van der Waals surface area contributed by atoms with Gasteiger partial charge in [-0.2, -0.15) is 0 Å². The normalized spacial score (nSPS) is 23.6. The van der Waals surface area contributed by atoms with Gasteiger partial charge >= 0.3 is 0 Å². The van der Waals surface area contributed by atoms with E-state index in [1.54, 1.807) is 0 Å². The van der Waals surface area contributed by atoms with Crippen molar-refractivity contribution in [2.75, 3.05) is 11.9 Å². The highest BCUT2D eigenvalue weighted by Crippen LogP contribution is 2.12. The molecule has 2 rings (SSSR count). The van der Waals surface area contributed by atoms with Crippen molar-refractivity contribution in [1.82, 2.24) is 10.3 Å². The number of amides is 1. The first-order chi connectivity index (χ1) is 8.06. The van der Waals surface area contributed by atoms with Crippen LogP contribution in [0.15, 0.2) is 21.5 Å². The second-order valence-corrected chi connectivity index (χ2v) is 4.82. The summed E-state index contributed by atoms with van der Waals surface area (Å²) in [5.74, 6) is -0.315. The Balaban J connectivity index is 2.08. The third-order valence-electron chi connectivity index (χ3n) is 2.55. The highest BCUT2D eigenvalue weighted by molar-refractivity contribution is 9.10. The molecule has 7 heteroatoms. The number of aliphatic hydroxyl groups is 1. The molecule has 2 unspecified atom stereocenters. The summed E-state index contributed by atoms with van der Waals surface area (Å²) >= 11 is 3.20. The van der Waals surface area contributed by atoms with Gasteiger partial charge in [-0.1, -0.05) is 0 Å². The zero-order valence-corrected chi connectivity index (χ0v) is 10.5. The molecule has 17 heavy (non-hydrogen) atoms. The van der Waals surface area contributed by atoms with Gasteiger partial charge in [0, 0.05) is 17.2 Å². The summed E-state index contributed by atoms with van der Waals surface area (Å²) in [6, 6.07) is 1.07. The topological polar surface area (TPSA) is 94.2 Å². The van der Waals surface area contributed by atoms with Crippen LogP contribution >= 0.6 is 15.9 Å². The minimum atomic E-state index is -0.508. The van der Waals surface area contributed by atoms with Crippen LogP contribution in [0.5, 0.6) is 0 Å². The van der Waals surface area contributed by atoms with Gasteiger partial charge in [0.2, 0.25) is 5.91 Å². The quantitative estimate of drug-likeness (QED) is 0.608. The Hall–Kier alpha value is -1.18. The maximum Gasteiger partial charge on any atom is 0.271 e. The average Bonchev–Trinajstić information content (AvgIpc) is 2.70. The summed E-state index contributed by atoms with van der Waals surface area (Å²) < 4.78 is 0.673. The van der Waals surface area contributed by atoms with Crippen LogP contribution in [0.4, 0.5) is 5.69 Å². The second-order valence-electron chi connectivity index (χ2n) is 3.90. The highest BCUT2D eigenvalue weighted by Gasteiger charge is 2.28. The predicted octanol–water partition coefficient (Wildman–Crippen LogP) is -0.201. The standard InChI is InChI=1S/C10H12BrN3O3/c11-5-1-8(9(16)13-3-5)14-10(17)7-2-6(15)4-12-7/h1,3,6-7,12,15H,2,4H2,(H,13,16)(H,14,17). The number of hydrogen-bond acceptors (Lipinski definition) is 4. The van der Waals surface area contributed by atoms with Crippen LogP contribution in [-0.2, 0) is 4.79 Å². The van der Waals surface area contributed by atoms with E-state index in [1.165, 1.54) is 12.3 Å². The Kier molecular flexibility index (Phi) is 3.60. The van der Waals surface area contributed by atoms with Crippen LogP contribution in [0.1, 0.15) is 6.42 Å². The molecular formula is C10H12BrN3O3. The fourth-order valence-electron chi connectivity index (χ4n) is 1.69. The third kappa shape index (κ3) is 2.93. The number of pyridine rings is 1. The molecule has 0 radical (unpaired) electrons. The molecule has 2 heterocycles. The number of hydrogen-bond donors (Lipinski definition) is 4. The molecule has 1 aliphatic rings. The molecule has 0 aromatic carbocycles. The molecule has 0 saturated carbocycles. The molecule has 1 amide bonds. The summed E-state index contributed by atoms with van der Waals surface area (Å²) in [4.78, 5) is 25.7. The van der Waals surface area contributed by atoms with Crippen molar-refractivity contribution in [2.24, 2.45) is 0 Å². The summed E-state index contributed by atoms with van der Waals surface area (Å²) in [5.41, 5.74) is -0.173. The lowest BCUT2D eigenvalue weighted by atomic mass is 10.2. The van der Waals surface area contributed by atoms with Gasteiger partial charge in [-0.25, -0.2) is 0 Å². The minimum absolute atomic E-state index is 0.188. The lowest BCUT2D eigenvalue weighted by Gasteiger charge is -2.10. The molecule has 2 atom stereocenters. The van der Waals surface area contributed by atoms with E-state index in [4.69, 9.17) is 0 Å². The lowest BCUT2D eigenvalue weighted by molar-refractivity contribution is -0.117. The minimum Gasteiger partial charge on any atom is -0.392 e. The van der Waals surface area contributed by atoms with Crippen molar-refractivity contribution in [3.8, 4) is 0 Å². The van der Waals surface area contributed by atoms with Crippen molar-refractivity contribution in [3.63, 3.8) is 0 Å². The molecule has 1 saturated heterocycles. The Morgan fingerprint density at radius 2 is 2.35 bits per heavy atom. The lowest BCUT2D eigenvalue weighted by Crippen LogP contribution is -2.36. The number of carbonyl (C=O) groups excluding carboxylic acids is 1. The van der Waals surface area contributed by atoms with Crippen LogP contribution < -0.4 is 16.2 Å². The maximum absolute atomic E-state index is 11.8. The number of halogens is 1. The molecule has 92 valence electrons. The van der Waals surface area contributed by atoms with Crippen LogP contribution in [-0.4, -0.2) is 34.7 Å². The number of aromatic nitrogens is 1. The van der Waals surface area contributed by atoms with Gasteiger partial charge < -0.3 is 20.7 Å². The van der Waals surface area contributed by atoms with E-state index < -0.39 is 12.1 Å². The molecular weight excluding hydrogens is 290 g/mol. The zero-order chi connectivity index (χ0) is 12.4. The van der Waals surface area contributed by atoms with Crippen molar-refractivity contribution in [2.45, 2.75) is 18.6 Å². The van der Waals surface area contributed by atoms with E-state index in [2.05, 4.69) is 31.5 Å². The highest BCUT2D eigenvalue weighted by atomic mass is 79.9. The van der Waals surface area contributed by atoms with E-state index in [1.807, 2.05) is 0 Å². The zero-order valence-electron chi connectivity index (χ0n) is 8.87. The fourth-order valence-corrected chi connectivity index (χ4v) is 2.03.